The van der Waals surface area contributed by atoms with Gasteiger partial charge in [-0.1, -0.05) is 12.2 Å². The molecular formula is C11H15N5OS. The molecular weight excluding hydrogens is 250 g/mol. The molecule has 0 radical (unpaired) electrons. The molecule has 1 aromatic heterocycles. The van der Waals surface area contributed by atoms with Gasteiger partial charge in [-0.3, -0.25) is 4.79 Å². The number of amides is 1. The van der Waals surface area contributed by atoms with Crippen LogP contribution in [-0.4, -0.2) is 52.2 Å². The Hall–Kier alpha value is -1.76. The lowest BCUT2D eigenvalue weighted by atomic mass is 10.2. The smallest absolute Gasteiger partial charge is 0.219 e. The van der Waals surface area contributed by atoms with E-state index in [0.717, 1.165) is 5.56 Å². The molecule has 2 N–H and O–H groups in total. The topological polar surface area (TPSA) is 75.4 Å². The zero-order valence-corrected chi connectivity index (χ0v) is 11.0. The van der Waals surface area contributed by atoms with Crippen molar-refractivity contribution in [2.24, 2.45) is 5.73 Å². The maximum absolute atomic E-state index is 11.3. The summed E-state index contributed by atoms with van der Waals surface area (Å²) in [5, 5.41) is 7.97. The van der Waals surface area contributed by atoms with Gasteiger partial charge in [0.05, 0.1) is 11.8 Å². The first-order valence-corrected chi connectivity index (χ1v) is 6.12. The van der Waals surface area contributed by atoms with Gasteiger partial charge in [-0.2, -0.15) is 5.10 Å². The third-order valence-electron chi connectivity index (χ3n) is 2.99. The van der Waals surface area contributed by atoms with Crippen molar-refractivity contribution in [3.8, 4) is 0 Å². The highest BCUT2D eigenvalue weighted by Gasteiger charge is 2.22. The van der Waals surface area contributed by atoms with Gasteiger partial charge in [0.25, 0.3) is 0 Å². The minimum absolute atomic E-state index is 0.100. The van der Waals surface area contributed by atoms with Crippen LogP contribution in [0.3, 0.4) is 0 Å². The molecule has 0 bridgehead atoms. The number of carbonyl (C=O) groups is 1. The summed E-state index contributed by atoms with van der Waals surface area (Å²) in [5.74, 6) is 0.802. The SMILES string of the molecule is CC(=O)N1CCN(c2nnccc2C(N)=S)CC1. The molecule has 1 aliphatic heterocycles. The van der Waals surface area contributed by atoms with Gasteiger partial charge in [-0.15, -0.1) is 5.10 Å². The summed E-state index contributed by atoms with van der Waals surface area (Å²) in [4.78, 5) is 15.4. The van der Waals surface area contributed by atoms with E-state index in [1.54, 1.807) is 19.2 Å². The molecule has 0 aliphatic carbocycles. The van der Waals surface area contributed by atoms with Gasteiger partial charge in [-0.05, 0) is 6.07 Å². The lowest BCUT2D eigenvalue weighted by molar-refractivity contribution is -0.129. The molecule has 1 aromatic rings. The highest BCUT2D eigenvalue weighted by molar-refractivity contribution is 7.80. The van der Waals surface area contributed by atoms with E-state index in [9.17, 15) is 4.79 Å². The Bertz CT molecular complexity index is 470. The molecule has 1 saturated heterocycles. The molecule has 0 spiro atoms. The normalized spacial score (nSPS) is 15.6. The third kappa shape index (κ3) is 2.56. The van der Waals surface area contributed by atoms with Crippen LogP contribution in [0.2, 0.25) is 0 Å². The van der Waals surface area contributed by atoms with E-state index >= 15 is 0 Å². The Morgan fingerprint density at radius 2 is 2.06 bits per heavy atom. The lowest BCUT2D eigenvalue weighted by Crippen LogP contribution is -2.48. The molecule has 0 unspecified atom stereocenters. The van der Waals surface area contributed by atoms with Gasteiger partial charge in [0.15, 0.2) is 5.82 Å². The first kappa shape index (κ1) is 12.7. The Morgan fingerprint density at radius 3 is 2.61 bits per heavy atom. The van der Waals surface area contributed by atoms with E-state index < -0.39 is 0 Å². The van der Waals surface area contributed by atoms with Crippen LogP contribution in [0.15, 0.2) is 12.3 Å². The molecule has 0 aromatic carbocycles. The number of carbonyl (C=O) groups excluding carboxylic acids is 1. The maximum Gasteiger partial charge on any atom is 0.219 e. The van der Waals surface area contributed by atoms with Crippen LogP contribution < -0.4 is 10.6 Å². The Labute approximate surface area is 111 Å². The molecule has 2 rings (SSSR count). The van der Waals surface area contributed by atoms with Gasteiger partial charge in [0, 0.05) is 33.1 Å². The number of nitrogens with zero attached hydrogens (tertiary/aromatic N) is 4. The molecule has 6 nitrogen and oxygen atoms in total. The molecule has 1 aliphatic rings. The maximum atomic E-state index is 11.3. The Balaban J connectivity index is 2.15. The summed E-state index contributed by atoms with van der Waals surface area (Å²) < 4.78 is 0. The first-order chi connectivity index (χ1) is 8.59. The fourth-order valence-electron chi connectivity index (χ4n) is 1.98. The number of anilines is 1. The zero-order valence-electron chi connectivity index (χ0n) is 10.2. The van der Waals surface area contributed by atoms with Crippen molar-refractivity contribution in [3.05, 3.63) is 17.8 Å². The number of hydrogen-bond donors (Lipinski definition) is 1. The van der Waals surface area contributed by atoms with E-state index in [1.165, 1.54) is 0 Å². The fourth-order valence-corrected chi connectivity index (χ4v) is 2.14. The van der Waals surface area contributed by atoms with Gasteiger partial charge < -0.3 is 15.5 Å². The van der Waals surface area contributed by atoms with Crippen molar-refractivity contribution in [2.75, 3.05) is 31.1 Å². The van der Waals surface area contributed by atoms with Gasteiger partial charge in [0.2, 0.25) is 5.91 Å². The summed E-state index contributed by atoms with van der Waals surface area (Å²) in [6.45, 7) is 4.38. The minimum Gasteiger partial charge on any atom is -0.389 e. The molecule has 18 heavy (non-hydrogen) atoms. The third-order valence-corrected chi connectivity index (χ3v) is 3.21. The van der Waals surface area contributed by atoms with Crippen LogP contribution in [0.25, 0.3) is 0 Å². The average Bonchev–Trinajstić information content (AvgIpc) is 2.39. The summed E-state index contributed by atoms with van der Waals surface area (Å²) >= 11 is 5.00. The Morgan fingerprint density at radius 1 is 1.39 bits per heavy atom. The molecule has 1 amide bonds. The lowest BCUT2D eigenvalue weighted by Gasteiger charge is -2.35. The molecule has 0 saturated carbocycles. The molecule has 1 fully saturated rings. The molecule has 7 heteroatoms. The minimum atomic E-state index is 0.100. The predicted octanol–water partition coefficient (Wildman–Crippen LogP) is -0.221. The van der Waals surface area contributed by atoms with Crippen molar-refractivity contribution in [1.82, 2.24) is 15.1 Å². The number of piperazine rings is 1. The van der Waals surface area contributed by atoms with Crippen LogP contribution in [0.5, 0.6) is 0 Å². The summed E-state index contributed by atoms with van der Waals surface area (Å²) in [5.41, 5.74) is 6.40. The van der Waals surface area contributed by atoms with E-state index in [-0.39, 0.29) is 5.91 Å². The van der Waals surface area contributed by atoms with Gasteiger partial charge in [0.1, 0.15) is 4.99 Å². The van der Waals surface area contributed by atoms with E-state index in [4.69, 9.17) is 18.0 Å². The van der Waals surface area contributed by atoms with Crippen LogP contribution in [-0.2, 0) is 4.79 Å². The van der Waals surface area contributed by atoms with Crippen molar-refractivity contribution in [1.29, 1.82) is 0 Å². The van der Waals surface area contributed by atoms with Crippen molar-refractivity contribution < 1.29 is 4.79 Å². The van der Waals surface area contributed by atoms with Crippen molar-refractivity contribution in [3.63, 3.8) is 0 Å². The van der Waals surface area contributed by atoms with E-state index in [0.29, 0.717) is 37.0 Å². The quantitative estimate of drug-likeness (QED) is 0.745. The fraction of sp³-hybridized carbons (Fsp3) is 0.455. The highest BCUT2D eigenvalue weighted by atomic mass is 32.1. The first-order valence-electron chi connectivity index (χ1n) is 5.71. The second-order valence-corrected chi connectivity index (χ2v) is 4.57. The molecule has 2 heterocycles. The monoisotopic (exact) mass is 265 g/mol. The predicted molar refractivity (Wildman–Crippen MR) is 72.4 cm³/mol. The van der Waals surface area contributed by atoms with Gasteiger partial charge >= 0.3 is 0 Å². The number of rotatable bonds is 2. The zero-order chi connectivity index (χ0) is 13.1. The van der Waals surface area contributed by atoms with Crippen LogP contribution >= 0.6 is 12.2 Å². The number of nitrogens with two attached hydrogens (primary N) is 1. The van der Waals surface area contributed by atoms with Gasteiger partial charge in [-0.25, -0.2) is 0 Å². The summed E-state index contributed by atoms with van der Waals surface area (Å²) in [6.07, 6.45) is 1.57. The number of thiocarbonyl (C=S) groups is 1. The average molecular weight is 265 g/mol. The number of hydrogen-bond acceptors (Lipinski definition) is 5. The summed E-state index contributed by atoms with van der Waals surface area (Å²) in [7, 11) is 0. The standard InChI is InChI=1S/C11H15N5OS/c1-8(17)15-4-6-16(7-5-15)11-9(10(12)18)2-3-13-14-11/h2-3H,4-7H2,1H3,(H2,12,18). The number of aromatic nitrogens is 2. The highest BCUT2D eigenvalue weighted by Crippen LogP contribution is 2.17. The largest absolute Gasteiger partial charge is 0.389 e. The molecule has 0 atom stereocenters. The van der Waals surface area contributed by atoms with Crippen LogP contribution in [0.4, 0.5) is 5.82 Å². The second kappa shape index (κ2) is 5.26. The van der Waals surface area contributed by atoms with E-state index in [2.05, 4.69) is 15.1 Å². The molecule has 96 valence electrons. The summed E-state index contributed by atoms with van der Waals surface area (Å²) in [6, 6.07) is 1.77. The Kier molecular flexibility index (Phi) is 3.71. The van der Waals surface area contributed by atoms with Crippen molar-refractivity contribution in [2.45, 2.75) is 6.92 Å². The van der Waals surface area contributed by atoms with Crippen LogP contribution in [0.1, 0.15) is 12.5 Å². The van der Waals surface area contributed by atoms with Crippen LogP contribution in [0, 0.1) is 0 Å². The van der Waals surface area contributed by atoms with Crippen molar-refractivity contribution >= 4 is 28.9 Å². The second-order valence-electron chi connectivity index (χ2n) is 4.13. The van der Waals surface area contributed by atoms with E-state index in [1.807, 2.05) is 4.90 Å².